The van der Waals surface area contributed by atoms with E-state index >= 15 is 0 Å². The lowest BCUT2D eigenvalue weighted by Gasteiger charge is -2.21. The Morgan fingerprint density at radius 2 is 1.93 bits per heavy atom. The van der Waals surface area contributed by atoms with Crippen LogP contribution in [-0.4, -0.2) is 47.8 Å². The van der Waals surface area contributed by atoms with Crippen LogP contribution in [0.4, 0.5) is 0 Å². The van der Waals surface area contributed by atoms with Gasteiger partial charge in [-0.3, -0.25) is 0 Å². The molecule has 2 atom stereocenters. The number of hydrogen-bond acceptors (Lipinski definition) is 3. The van der Waals surface area contributed by atoms with E-state index in [-0.39, 0.29) is 6.10 Å². The van der Waals surface area contributed by atoms with Crippen molar-refractivity contribution in [3.05, 3.63) is 0 Å². The van der Waals surface area contributed by atoms with E-state index in [1.165, 1.54) is 32.1 Å². The van der Waals surface area contributed by atoms with Crippen LogP contribution in [-0.2, 0) is 0 Å². The Labute approximate surface area is 92.8 Å². The van der Waals surface area contributed by atoms with Crippen LogP contribution in [0.3, 0.4) is 0 Å². The molecule has 2 aliphatic rings. The number of nitrogens with one attached hydrogen (secondary N) is 1. The fourth-order valence-corrected chi connectivity index (χ4v) is 2.46. The molecule has 0 radical (unpaired) electrons. The van der Waals surface area contributed by atoms with Crippen molar-refractivity contribution in [2.45, 2.75) is 57.2 Å². The van der Waals surface area contributed by atoms with E-state index in [1.54, 1.807) is 0 Å². The minimum Gasteiger partial charge on any atom is -0.392 e. The highest BCUT2D eigenvalue weighted by Crippen LogP contribution is 2.22. The molecule has 0 aromatic heterocycles. The molecule has 2 rings (SSSR count). The van der Waals surface area contributed by atoms with Gasteiger partial charge in [0.2, 0.25) is 0 Å². The minimum absolute atomic E-state index is 0.182. The Kier molecular flexibility index (Phi) is 4.00. The molecule has 2 unspecified atom stereocenters. The van der Waals surface area contributed by atoms with Crippen molar-refractivity contribution in [1.82, 2.24) is 10.2 Å². The summed E-state index contributed by atoms with van der Waals surface area (Å²) < 4.78 is 0. The van der Waals surface area contributed by atoms with Gasteiger partial charge in [-0.25, -0.2) is 0 Å². The van der Waals surface area contributed by atoms with Crippen molar-refractivity contribution < 1.29 is 5.11 Å². The molecule has 1 heterocycles. The molecule has 1 saturated heterocycles. The standard InChI is InChI=1S/C12H24N2O/c1-10(15)9-14-7-2-3-11(6-8-14)13-12-4-5-12/h10-13,15H,2-9H2,1H3. The van der Waals surface area contributed by atoms with Crippen LogP contribution in [0.2, 0.25) is 0 Å². The van der Waals surface area contributed by atoms with Crippen LogP contribution in [0.5, 0.6) is 0 Å². The Morgan fingerprint density at radius 3 is 2.60 bits per heavy atom. The zero-order chi connectivity index (χ0) is 10.7. The summed E-state index contributed by atoms with van der Waals surface area (Å²) in [6.45, 7) is 5.03. The molecule has 0 aromatic rings. The second-order valence-corrected chi connectivity index (χ2v) is 5.22. The summed E-state index contributed by atoms with van der Waals surface area (Å²) >= 11 is 0. The van der Waals surface area contributed by atoms with Crippen LogP contribution in [0.15, 0.2) is 0 Å². The SMILES string of the molecule is CC(O)CN1CCCC(NC2CC2)CC1. The van der Waals surface area contributed by atoms with E-state index in [9.17, 15) is 5.11 Å². The molecule has 3 heteroatoms. The van der Waals surface area contributed by atoms with Gasteiger partial charge in [0.05, 0.1) is 6.10 Å². The Hall–Kier alpha value is -0.120. The Bertz CT molecular complexity index is 180. The van der Waals surface area contributed by atoms with Gasteiger partial charge in [0.1, 0.15) is 0 Å². The number of hydrogen-bond donors (Lipinski definition) is 2. The van der Waals surface area contributed by atoms with Crippen LogP contribution in [0, 0.1) is 0 Å². The topological polar surface area (TPSA) is 35.5 Å². The molecule has 0 amide bonds. The lowest BCUT2D eigenvalue weighted by molar-refractivity contribution is 0.128. The predicted molar refractivity (Wildman–Crippen MR) is 61.9 cm³/mol. The molecule has 2 fully saturated rings. The zero-order valence-corrected chi connectivity index (χ0v) is 9.78. The van der Waals surface area contributed by atoms with Gasteiger partial charge in [0.15, 0.2) is 0 Å². The first kappa shape index (κ1) is 11.4. The van der Waals surface area contributed by atoms with Gasteiger partial charge in [-0.1, -0.05) is 0 Å². The Balaban J connectivity index is 1.70. The summed E-state index contributed by atoms with van der Waals surface area (Å²) in [5, 5.41) is 13.1. The summed E-state index contributed by atoms with van der Waals surface area (Å²) in [4.78, 5) is 2.40. The number of nitrogens with zero attached hydrogens (tertiary/aromatic N) is 1. The summed E-state index contributed by atoms with van der Waals surface area (Å²) in [6, 6.07) is 1.56. The maximum atomic E-state index is 9.36. The summed E-state index contributed by atoms with van der Waals surface area (Å²) in [5.74, 6) is 0. The molecule has 2 N–H and O–H groups in total. The van der Waals surface area contributed by atoms with Crippen LogP contribution < -0.4 is 5.32 Å². The normalized spacial score (nSPS) is 31.2. The molecule has 15 heavy (non-hydrogen) atoms. The molecule has 0 bridgehead atoms. The van der Waals surface area contributed by atoms with Crippen molar-refractivity contribution in [2.24, 2.45) is 0 Å². The number of likely N-dealkylation sites (tertiary alicyclic amines) is 1. The predicted octanol–water partition coefficient (Wildman–Crippen LogP) is 0.974. The lowest BCUT2D eigenvalue weighted by Crippen LogP contribution is -2.34. The van der Waals surface area contributed by atoms with Crippen LogP contribution in [0.1, 0.15) is 39.0 Å². The van der Waals surface area contributed by atoms with Crippen molar-refractivity contribution in [2.75, 3.05) is 19.6 Å². The maximum Gasteiger partial charge on any atom is 0.0639 e. The number of aliphatic hydroxyl groups is 1. The molecule has 1 saturated carbocycles. The van der Waals surface area contributed by atoms with E-state index in [0.717, 1.165) is 31.7 Å². The van der Waals surface area contributed by atoms with Gasteiger partial charge in [0, 0.05) is 18.6 Å². The lowest BCUT2D eigenvalue weighted by atomic mass is 10.1. The van der Waals surface area contributed by atoms with Crippen LogP contribution >= 0.6 is 0 Å². The summed E-state index contributed by atoms with van der Waals surface area (Å²) in [5.41, 5.74) is 0. The fourth-order valence-electron chi connectivity index (χ4n) is 2.46. The van der Waals surface area contributed by atoms with Gasteiger partial charge in [0.25, 0.3) is 0 Å². The van der Waals surface area contributed by atoms with Crippen LogP contribution in [0.25, 0.3) is 0 Å². The molecule has 88 valence electrons. The van der Waals surface area contributed by atoms with E-state index < -0.39 is 0 Å². The summed E-state index contributed by atoms with van der Waals surface area (Å²) in [7, 11) is 0. The van der Waals surface area contributed by atoms with Crippen molar-refractivity contribution in [1.29, 1.82) is 0 Å². The maximum absolute atomic E-state index is 9.36. The van der Waals surface area contributed by atoms with Gasteiger partial charge >= 0.3 is 0 Å². The molecule has 3 nitrogen and oxygen atoms in total. The zero-order valence-electron chi connectivity index (χ0n) is 9.78. The Morgan fingerprint density at radius 1 is 1.20 bits per heavy atom. The first-order chi connectivity index (χ1) is 7.24. The first-order valence-electron chi connectivity index (χ1n) is 6.40. The monoisotopic (exact) mass is 212 g/mol. The van der Waals surface area contributed by atoms with Gasteiger partial charge in [-0.05, 0) is 52.1 Å². The van der Waals surface area contributed by atoms with E-state index in [2.05, 4.69) is 10.2 Å². The molecular weight excluding hydrogens is 188 g/mol. The molecular formula is C12H24N2O. The molecule has 1 aliphatic carbocycles. The number of aliphatic hydroxyl groups excluding tert-OH is 1. The highest BCUT2D eigenvalue weighted by atomic mass is 16.3. The highest BCUT2D eigenvalue weighted by molar-refractivity contribution is 4.86. The average Bonchev–Trinajstić information content (AvgIpc) is 2.95. The van der Waals surface area contributed by atoms with E-state index in [1.807, 2.05) is 6.92 Å². The highest BCUT2D eigenvalue weighted by Gasteiger charge is 2.25. The largest absolute Gasteiger partial charge is 0.392 e. The van der Waals surface area contributed by atoms with Gasteiger partial charge in [-0.15, -0.1) is 0 Å². The third kappa shape index (κ3) is 4.09. The molecule has 0 aromatic carbocycles. The number of β-amino-alcohol motifs (C(OH)–C–C–N with tert-alkyl or cyclic N) is 1. The van der Waals surface area contributed by atoms with E-state index in [0.29, 0.717) is 0 Å². The fraction of sp³-hybridized carbons (Fsp3) is 1.00. The minimum atomic E-state index is -0.182. The first-order valence-corrected chi connectivity index (χ1v) is 6.40. The van der Waals surface area contributed by atoms with Crippen molar-refractivity contribution >= 4 is 0 Å². The molecule has 1 aliphatic heterocycles. The average molecular weight is 212 g/mol. The second kappa shape index (κ2) is 5.28. The second-order valence-electron chi connectivity index (χ2n) is 5.22. The quantitative estimate of drug-likeness (QED) is 0.729. The third-order valence-electron chi connectivity index (χ3n) is 3.39. The van der Waals surface area contributed by atoms with E-state index in [4.69, 9.17) is 0 Å². The number of rotatable bonds is 4. The summed E-state index contributed by atoms with van der Waals surface area (Å²) in [6.07, 6.45) is 6.42. The van der Waals surface area contributed by atoms with Gasteiger partial charge < -0.3 is 15.3 Å². The third-order valence-corrected chi connectivity index (χ3v) is 3.39. The smallest absolute Gasteiger partial charge is 0.0639 e. The molecule has 0 spiro atoms. The van der Waals surface area contributed by atoms with Gasteiger partial charge in [-0.2, -0.15) is 0 Å². The van der Waals surface area contributed by atoms with Crippen molar-refractivity contribution in [3.8, 4) is 0 Å². The van der Waals surface area contributed by atoms with Crippen molar-refractivity contribution in [3.63, 3.8) is 0 Å².